The maximum atomic E-state index is 11.9. The van der Waals surface area contributed by atoms with Crippen LogP contribution in [-0.2, 0) is 4.79 Å². The zero-order valence-corrected chi connectivity index (χ0v) is 12.5. The summed E-state index contributed by atoms with van der Waals surface area (Å²) >= 11 is 0. The number of hydrogen-bond donors (Lipinski definition) is 2. The van der Waals surface area contributed by atoms with E-state index in [1.165, 1.54) is 0 Å². The Morgan fingerprint density at radius 1 is 1.36 bits per heavy atom. The van der Waals surface area contributed by atoms with E-state index in [9.17, 15) is 9.59 Å². The van der Waals surface area contributed by atoms with Crippen molar-refractivity contribution in [2.45, 2.75) is 6.92 Å². The Kier molecular flexibility index (Phi) is 5.34. The van der Waals surface area contributed by atoms with E-state index in [1.54, 1.807) is 17.2 Å². The number of rotatable bonds is 5. The molecule has 9 nitrogen and oxygen atoms in total. The highest BCUT2D eigenvalue weighted by Crippen LogP contribution is 2.14. The first-order chi connectivity index (χ1) is 10.6. The molecule has 1 aromatic heterocycles. The maximum Gasteiger partial charge on any atom is 0.312 e. The van der Waals surface area contributed by atoms with Crippen LogP contribution in [0, 0.1) is 0 Å². The smallest absolute Gasteiger partial charge is 0.312 e. The van der Waals surface area contributed by atoms with Crippen molar-refractivity contribution in [1.29, 1.82) is 0 Å². The second-order valence-corrected chi connectivity index (χ2v) is 4.71. The number of nitrogens with one attached hydrogen (secondary N) is 1. The highest BCUT2D eigenvalue weighted by Gasteiger charge is 2.22. The average molecular weight is 308 g/mol. The topological polar surface area (TPSA) is 114 Å². The van der Waals surface area contributed by atoms with Crippen LogP contribution < -0.4 is 20.7 Å². The van der Waals surface area contributed by atoms with Gasteiger partial charge in [-0.15, -0.1) is 0 Å². The second kappa shape index (κ2) is 7.43. The number of nitrogens with two attached hydrogens (primary N) is 1. The van der Waals surface area contributed by atoms with Crippen LogP contribution in [0.4, 0.5) is 10.7 Å². The van der Waals surface area contributed by atoms with Gasteiger partial charge in [0.1, 0.15) is 0 Å². The molecule has 22 heavy (non-hydrogen) atoms. The van der Waals surface area contributed by atoms with Gasteiger partial charge in [-0.1, -0.05) is 0 Å². The Balaban J connectivity index is 1.87. The Bertz CT molecular complexity index is 530. The van der Waals surface area contributed by atoms with Crippen LogP contribution in [0.5, 0.6) is 5.88 Å². The number of anilines is 1. The fourth-order valence-corrected chi connectivity index (χ4v) is 2.14. The molecule has 0 bridgehead atoms. The third-order valence-electron chi connectivity index (χ3n) is 3.24. The highest BCUT2D eigenvalue weighted by molar-refractivity contribution is 5.83. The van der Waals surface area contributed by atoms with Crippen molar-refractivity contribution >= 4 is 17.9 Å². The lowest BCUT2D eigenvalue weighted by Gasteiger charge is -2.34. The van der Waals surface area contributed by atoms with E-state index >= 15 is 0 Å². The second-order valence-electron chi connectivity index (χ2n) is 4.71. The van der Waals surface area contributed by atoms with Gasteiger partial charge in [-0.2, -0.15) is 4.98 Å². The van der Waals surface area contributed by atoms with Gasteiger partial charge in [0, 0.05) is 38.4 Å². The summed E-state index contributed by atoms with van der Waals surface area (Å²) in [4.78, 5) is 34.7. The fourth-order valence-electron chi connectivity index (χ4n) is 2.14. The largest absolute Gasteiger partial charge is 0.478 e. The summed E-state index contributed by atoms with van der Waals surface area (Å²) < 4.78 is 5.36. The van der Waals surface area contributed by atoms with Gasteiger partial charge < -0.3 is 25.6 Å². The summed E-state index contributed by atoms with van der Waals surface area (Å²) in [5, 5.41) is 2.30. The van der Waals surface area contributed by atoms with E-state index in [2.05, 4.69) is 15.3 Å². The van der Waals surface area contributed by atoms with Gasteiger partial charge in [-0.3, -0.25) is 4.79 Å². The molecule has 1 aliphatic rings. The molecule has 9 heteroatoms. The van der Waals surface area contributed by atoms with Crippen molar-refractivity contribution < 1.29 is 14.3 Å². The molecule has 2 heterocycles. The summed E-state index contributed by atoms with van der Waals surface area (Å²) in [6.45, 7) is 4.70. The first kappa shape index (κ1) is 15.8. The van der Waals surface area contributed by atoms with Gasteiger partial charge in [0.25, 0.3) is 0 Å². The monoisotopic (exact) mass is 308 g/mol. The summed E-state index contributed by atoms with van der Waals surface area (Å²) in [5.41, 5.74) is 4.95. The normalized spacial score (nSPS) is 14.6. The molecule has 0 radical (unpaired) electrons. The van der Waals surface area contributed by atoms with E-state index in [4.69, 9.17) is 10.5 Å². The zero-order chi connectivity index (χ0) is 15.9. The third kappa shape index (κ3) is 4.21. The predicted octanol–water partition coefficient (Wildman–Crippen LogP) is -0.808. The molecular weight excluding hydrogens is 288 g/mol. The molecule has 1 aliphatic heterocycles. The molecule has 0 unspecified atom stereocenters. The Labute approximate surface area is 128 Å². The number of ether oxygens (including phenoxy) is 1. The number of primary amides is 1. The van der Waals surface area contributed by atoms with Gasteiger partial charge in [-0.25, -0.2) is 9.78 Å². The Hall–Kier alpha value is -2.58. The lowest BCUT2D eigenvalue weighted by molar-refractivity contribution is -0.130. The summed E-state index contributed by atoms with van der Waals surface area (Å²) in [6, 6.07) is 1.01. The van der Waals surface area contributed by atoms with Crippen LogP contribution in [0.3, 0.4) is 0 Å². The lowest BCUT2D eigenvalue weighted by Crippen LogP contribution is -2.52. The molecule has 1 saturated heterocycles. The fraction of sp³-hybridized carbons (Fsp3) is 0.538. The van der Waals surface area contributed by atoms with Gasteiger partial charge in [0.2, 0.25) is 17.7 Å². The van der Waals surface area contributed by atoms with E-state index in [1.807, 2.05) is 11.8 Å². The molecule has 0 aromatic carbocycles. The molecule has 3 amide bonds. The minimum absolute atomic E-state index is 0.0777. The van der Waals surface area contributed by atoms with Crippen LogP contribution in [0.15, 0.2) is 12.3 Å². The van der Waals surface area contributed by atoms with Crippen LogP contribution in [-0.4, -0.2) is 66.1 Å². The van der Waals surface area contributed by atoms with Gasteiger partial charge in [0.15, 0.2) is 0 Å². The van der Waals surface area contributed by atoms with Crippen LogP contribution in [0.1, 0.15) is 6.92 Å². The average Bonchev–Trinajstić information content (AvgIpc) is 2.53. The summed E-state index contributed by atoms with van der Waals surface area (Å²) in [7, 11) is 0. The van der Waals surface area contributed by atoms with Crippen LogP contribution in [0.25, 0.3) is 0 Å². The number of carbonyl (C=O) groups is 2. The maximum absolute atomic E-state index is 11.9. The number of hydrogen-bond acceptors (Lipinski definition) is 6. The predicted molar refractivity (Wildman–Crippen MR) is 79.6 cm³/mol. The Morgan fingerprint density at radius 2 is 2.09 bits per heavy atom. The molecule has 1 fully saturated rings. The SMILES string of the molecule is CCOc1ccnc(N2CCN(C(=O)CNC(N)=O)CC2)n1. The summed E-state index contributed by atoms with van der Waals surface area (Å²) in [5.74, 6) is 0.979. The molecule has 3 N–H and O–H groups in total. The first-order valence-electron chi connectivity index (χ1n) is 7.12. The van der Waals surface area contributed by atoms with Crippen molar-refractivity contribution in [1.82, 2.24) is 20.2 Å². The molecule has 120 valence electrons. The minimum Gasteiger partial charge on any atom is -0.478 e. The number of carbonyl (C=O) groups excluding carboxylic acids is 2. The quantitative estimate of drug-likeness (QED) is 0.735. The van der Waals surface area contributed by atoms with Crippen LogP contribution in [0.2, 0.25) is 0 Å². The minimum atomic E-state index is -0.701. The standard InChI is InChI=1S/C13H20N6O3/c1-2-22-10-3-4-15-13(17-10)19-7-5-18(6-8-19)11(20)9-16-12(14)21/h3-4H,2,5-9H2,1H3,(H3,14,16,21). The zero-order valence-electron chi connectivity index (χ0n) is 12.5. The van der Waals surface area contributed by atoms with E-state index in [0.717, 1.165) is 0 Å². The Morgan fingerprint density at radius 3 is 2.73 bits per heavy atom. The third-order valence-corrected chi connectivity index (χ3v) is 3.24. The molecule has 2 rings (SSSR count). The van der Waals surface area contributed by atoms with Crippen molar-refractivity contribution in [2.75, 3.05) is 44.2 Å². The molecule has 0 atom stereocenters. The number of amides is 3. The molecule has 0 saturated carbocycles. The van der Waals surface area contributed by atoms with E-state index in [0.29, 0.717) is 44.6 Å². The van der Waals surface area contributed by atoms with Gasteiger partial charge in [-0.05, 0) is 6.92 Å². The van der Waals surface area contributed by atoms with Crippen LogP contribution >= 0.6 is 0 Å². The van der Waals surface area contributed by atoms with Crippen molar-refractivity contribution in [3.63, 3.8) is 0 Å². The molecule has 0 aliphatic carbocycles. The first-order valence-corrected chi connectivity index (χ1v) is 7.12. The number of urea groups is 1. The van der Waals surface area contributed by atoms with Crippen molar-refractivity contribution in [2.24, 2.45) is 5.73 Å². The van der Waals surface area contributed by atoms with Gasteiger partial charge in [0.05, 0.1) is 13.2 Å². The van der Waals surface area contributed by atoms with Crippen molar-refractivity contribution in [3.05, 3.63) is 12.3 Å². The number of aromatic nitrogens is 2. The number of piperazine rings is 1. The molecule has 0 spiro atoms. The van der Waals surface area contributed by atoms with Gasteiger partial charge >= 0.3 is 6.03 Å². The molecule has 1 aromatic rings. The number of nitrogens with zero attached hydrogens (tertiary/aromatic N) is 4. The summed E-state index contributed by atoms with van der Waals surface area (Å²) in [6.07, 6.45) is 1.65. The molecular formula is C13H20N6O3. The highest BCUT2D eigenvalue weighted by atomic mass is 16.5. The van der Waals surface area contributed by atoms with E-state index in [-0.39, 0.29) is 12.5 Å². The lowest BCUT2D eigenvalue weighted by atomic mass is 10.3. The van der Waals surface area contributed by atoms with Crippen molar-refractivity contribution in [3.8, 4) is 5.88 Å². The van der Waals surface area contributed by atoms with E-state index < -0.39 is 6.03 Å².